The van der Waals surface area contributed by atoms with E-state index < -0.39 is 0 Å². The molecule has 0 bridgehead atoms. The Kier molecular flexibility index (Phi) is 4.86. The molecule has 1 fully saturated rings. The van der Waals surface area contributed by atoms with Gasteiger partial charge in [-0.25, -0.2) is 4.57 Å². The summed E-state index contributed by atoms with van der Waals surface area (Å²) in [5, 5.41) is 3.45. The van der Waals surface area contributed by atoms with Gasteiger partial charge in [-0.3, -0.25) is 14.0 Å². The first-order valence-electron chi connectivity index (χ1n) is 10.6. The zero-order valence-corrected chi connectivity index (χ0v) is 17.1. The summed E-state index contributed by atoms with van der Waals surface area (Å²) in [6.45, 7) is 0.406. The molecule has 0 spiro atoms. The van der Waals surface area contributed by atoms with Crippen LogP contribution < -0.4 is 21.2 Å². The lowest BCUT2D eigenvalue weighted by molar-refractivity contribution is -0.649. The quantitative estimate of drug-likeness (QED) is 0.396. The molecule has 156 valence electrons. The van der Waals surface area contributed by atoms with Crippen molar-refractivity contribution in [3.05, 3.63) is 82.3 Å². The molecule has 1 amide bonds. The number of carbonyl (C=O) groups excluding carboxylic acids is 1. The number of anilines is 1. The predicted molar refractivity (Wildman–Crippen MR) is 119 cm³/mol. The molecule has 7 heteroatoms. The van der Waals surface area contributed by atoms with Crippen molar-refractivity contribution in [2.45, 2.75) is 38.3 Å². The maximum absolute atomic E-state index is 13.3. The van der Waals surface area contributed by atoms with Crippen molar-refractivity contribution in [1.82, 2.24) is 14.7 Å². The van der Waals surface area contributed by atoms with Gasteiger partial charge in [0.2, 0.25) is 11.5 Å². The fraction of sp³-hybridized carbons (Fsp3) is 0.250. The number of carbonyl (C=O) groups is 1. The van der Waals surface area contributed by atoms with Crippen molar-refractivity contribution in [3.63, 3.8) is 0 Å². The first-order valence-corrected chi connectivity index (χ1v) is 10.6. The fourth-order valence-electron chi connectivity index (χ4n) is 4.34. The number of nitrogen functional groups attached to an aromatic ring is 1. The van der Waals surface area contributed by atoms with Crippen LogP contribution in [0.4, 0.5) is 5.82 Å². The minimum absolute atomic E-state index is 0.154. The molecule has 0 unspecified atom stereocenters. The number of pyridine rings is 2. The van der Waals surface area contributed by atoms with Crippen LogP contribution >= 0.6 is 0 Å². The van der Waals surface area contributed by atoms with Crippen molar-refractivity contribution >= 4 is 28.4 Å². The van der Waals surface area contributed by atoms with Crippen molar-refractivity contribution in [2.24, 2.45) is 0 Å². The van der Waals surface area contributed by atoms with E-state index in [-0.39, 0.29) is 17.5 Å². The van der Waals surface area contributed by atoms with Crippen molar-refractivity contribution in [3.8, 4) is 0 Å². The Morgan fingerprint density at radius 2 is 1.87 bits per heavy atom. The Morgan fingerprint density at radius 3 is 2.65 bits per heavy atom. The van der Waals surface area contributed by atoms with E-state index in [1.807, 2.05) is 36.4 Å². The van der Waals surface area contributed by atoms with E-state index in [1.165, 1.54) is 4.40 Å². The summed E-state index contributed by atoms with van der Waals surface area (Å²) in [7, 11) is 0. The molecular weight excluding hydrogens is 390 g/mol. The fourth-order valence-corrected chi connectivity index (χ4v) is 4.34. The van der Waals surface area contributed by atoms with Gasteiger partial charge in [0.1, 0.15) is 10.9 Å². The second kappa shape index (κ2) is 7.83. The normalized spacial score (nSPS) is 14.3. The van der Waals surface area contributed by atoms with Gasteiger partial charge in [0.15, 0.2) is 0 Å². The third-order valence-electron chi connectivity index (χ3n) is 5.98. The number of amides is 1. The monoisotopic (exact) mass is 414 g/mol. The number of fused-ring (bicyclic) bond motifs is 2. The summed E-state index contributed by atoms with van der Waals surface area (Å²) in [6, 6.07) is 16.9. The first-order chi connectivity index (χ1) is 15.1. The molecule has 0 radical (unpaired) electrons. The highest BCUT2D eigenvalue weighted by molar-refractivity contribution is 6.00. The van der Waals surface area contributed by atoms with Crippen LogP contribution in [0.15, 0.2) is 65.6 Å². The minimum atomic E-state index is -0.245. The summed E-state index contributed by atoms with van der Waals surface area (Å²) in [5.74, 6) is 0.0599. The summed E-state index contributed by atoms with van der Waals surface area (Å²) < 4.78 is 3.26. The molecular formula is C24H24N5O2+. The van der Waals surface area contributed by atoms with Gasteiger partial charge in [-0.15, -0.1) is 0 Å². The van der Waals surface area contributed by atoms with Gasteiger partial charge in [0.25, 0.3) is 17.1 Å². The number of hydrogen-bond acceptors (Lipinski definition) is 4. The molecule has 3 heterocycles. The van der Waals surface area contributed by atoms with Crippen LogP contribution in [0, 0.1) is 0 Å². The molecule has 0 saturated heterocycles. The van der Waals surface area contributed by atoms with E-state index in [0.29, 0.717) is 34.6 Å². The van der Waals surface area contributed by atoms with E-state index in [9.17, 15) is 9.59 Å². The number of rotatable bonds is 4. The molecule has 1 aliphatic carbocycles. The number of nitrogens with one attached hydrogen (secondary N) is 1. The lowest BCUT2D eigenvalue weighted by Gasteiger charge is -2.15. The number of hydrogen-bond donors (Lipinski definition) is 2. The lowest BCUT2D eigenvalue weighted by atomic mass is 10.1. The van der Waals surface area contributed by atoms with Crippen molar-refractivity contribution in [1.29, 1.82) is 0 Å². The number of aromatic nitrogens is 3. The van der Waals surface area contributed by atoms with E-state index in [2.05, 4.69) is 5.32 Å². The standard InChI is InChI=1S/C24H23N5O2/c25-21-18(23(30)26-17-10-4-5-11-17)14-19-22(29(21)15-16-8-2-1-3-9-16)27-20-12-6-7-13-28(20)24(19)31/h1-3,6-9,12-14,17,25H,4-5,10-11,15H2,(H,26,30)/p+1. The predicted octanol–water partition coefficient (Wildman–Crippen LogP) is 2.44. The molecule has 0 aliphatic heterocycles. The Hall–Kier alpha value is -3.74. The van der Waals surface area contributed by atoms with Crippen molar-refractivity contribution < 1.29 is 9.36 Å². The van der Waals surface area contributed by atoms with Crippen LogP contribution in [0.5, 0.6) is 0 Å². The van der Waals surface area contributed by atoms with Gasteiger partial charge in [-0.05, 0) is 36.6 Å². The van der Waals surface area contributed by atoms with Crippen LogP contribution in [-0.2, 0) is 6.54 Å². The zero-order chi connectivity index (χ0) is 21.4. The topological polar surface area (TPSA) is 93.4 Å². The van der Waals surface area contributed by atoms with Crippen LogP contribution in [-0.4, -0.2) is 21.3 Å². The molecule has 5 rings (SSSR count). The Morgan fingerprint density at radius 1 is 1.13 bits per heavy atom. The largest absolute Gasteiger partial charge is 0.349 e. The molecule has 7 nitrogen and oxygen atoms in total. The van der Waals surface area contributed by atoms with Crippen LogP contribution in [0.3, 0.4) is 0 Å². The Labute approximate surface area is 179 Å². The van der Waals surface area contributed by atoms with E-state index in [4.69, 9.17) is 10.7 Å². The summed E-state index contributed by atoms with van der Waals surface area (Å²) in [4.78, 5) is 31.1. The van der Waals surface area contributed by atoms with Gasteiger partial charge >= 0.3 is 0 Å². The Bertz CT molecular complexity index is 1340. The van der Waals surface area contributed by atoms with Crippen LogP contribution in [0.2, 0.25) is 0 Å². The van der Waals surface area contributed by atoms with Gasteiger partial charge in [-0.1, -0.05) is 54.2 Å². The van der Waals surface area contributed by atoms with E-state index >= 15 is 0 Å². The number of benzene rings is 1. The van der Waals surface area contributed by atoms with Crippen molar-refractivity contribution in [2.75, 3.05) is 5.73 Å². The van der Waals surface area contributed by atoms with Gasteiger partial charge in [0.05, 0.1) is 6.54 Å². The second-order valence-corrected chi connectivity index (χ2v) is 8.05. The maximum Gasteiger partial charge on any atom is 0.278 e. The molecule has 0 atom stereocenters. The third kappa shape index (κ3) is 3.52. The van der Waals surface area contributed by atoms with E-state index in [1.54, 1.807) is 29.0 Å². The van der Waals surface area contributed by atoms with Gasteiger partial charge in [0, 0.05) is 12.2 Å². The van der Waals surface area contributed by atoms with E-state index in [0.717, 1.165) is 31.2 Å². The summed E-state index contributed by atoms with van der Waals surface area (Å²) >= 11 is 0. The van der Waals surface area contributed by atoms with Crippen LogP contribution in [0.1, 0.15) is 41.6 Å². The molecule has 3 N–H and O–H groups in total. The average molecular weight is 414 g/mol. The molecule has 1 aliphatic rings. The molecule has 1 saturated carbocycles. The van der Waals surface area contributed by atoms with Crippen LogP contribution in [0.25, 0.3) is 16.7 Å². The number of nitrogens with zero attached hydrogens (tertiary/aromatic N) is 3. The summed E-state index contributed by atoms with van der Waals surface area (Å²) in [5.41, 5.74) is 8.61. The maximum atomic E-state index is 13.3. The smallest absolute Gasteiger partial charge is 0.278 e. The molecule has 3 aromatic heterocycles. The molecule has 4 aromatic rings. The molecule has 1 aromatic carbocycles. The first kappa shape index (κ1) is 19.2. The minimum Gasteiger partial charge on any atom is -0.349 e. The average Bonchev–Trinajstić information content (AvgIpc) is 3.30. The second-order valence-electron chi connectivity index (χ2n) is 8.05. The third-order valence-corrected chi connectivity index (χ3v) is 5.98. The summed E-state index contributed by atoms with van der Waals surface area (Å²) in [6.07, 6.45) is 5.85. The highest BCUT2D eigenvalue weighted by atomic mass is 16.2. The Balaban J connectivity index is 1.72. The zero-order valence-electron chi connectivity index (χ0n) is 17.1. The number of nitrogens with two attached hydrogens (primary N) is 1. The lowest BCUT2D eigenvalue weighted by Crippen LogP contribution is -2.44. The SMILES string of the molecule is Nc1c(C(=O)NC2CCCC2)cc2c(=O)n3ccccc3nc2[n+]1Cc1ccccc1. The highest BCUT2D eigenvalue weighted by Crippen LogP contribution is 2.20. The van der Waals surface area contributed by atoms with Gasteiger partial charge in [-0.2, -0.15) is 0 Å². The molecule has 31 heavy (non-hydrogen) atoms. The van der Waals surface area contributed by atoms with Gasteiger partial charge < -0.3 is 11.1 Å². The highest BCUT2D eigenvalue weighted by Gasteiger charge is 2.26.